The van der Waals surface area contributed by atoms with Crippen LogP contribution in [0.15, 0.2) is 0 Å². The zero-order valence-corrected chi connectivity index (χ0v) is 13.5. The van der Waals surface area contributed by atoms with Crippen molar-refractivity contribution in [2.45, 2.75) is 51.2 Å². The summed E-state index contributed by atoms with van der Waals surface area (Å²) in [5.41, 5.74) is -0.740. The molecule has 0 spiro atoms. The molecule has 0 aromatic rings. The molecule has 2 rings (SSSR count). The Bertz CT molecular complexity index is 539. The molecule has 2 heterocycles. The van der Waals surface area contributed by atoms with Crippen LogP contribution >= 0.6 is 0 Å². The molecule has 0 N–H and O–H groups in total. The second-order valence-electron chi connectivity index (χ2n) is 7.08. The first-order valence-electron chi connectivity index (χ1n) is 7.58. The molecule has 2 atom stereocenters. The van der Waals surface area contributed by atoms with E-state index in [1.807, 2.05) is 6.07 Å². The van der Waals surface area contributed by atoms with Crippen LogP contribution in [0.1, 0.15) is 33.6 Å². The van der Waals surface area contributed by atoms with Crippen molar-refractivity contribution >= 4 is 12.0 Å². The summed E-state index contributed by atoms with van der Waals surface area (Å²) in [6, 6.07) is 1.12. The Labute approximate surface area is 134 Å². The predicted octanol–water partition coefficient (Wildman–Crippen LogP) is 2.00. The Morgan fingerprint density at radius 2 is 2.00 bits per heavy atom. The Morgan fingerprint density at radius 3 is 2.48 bits per heavy atom. The van der Waals surface area contributed by atoms with E-state index in [4.69, 9.17) is 10.00 Å². The third-order valence-electron chi connectivity index (χ3n) is 3.88. The van der Waals surface area contributed by atoms with Crippen LogP contribution < -0.4 is 0 Å². The maximum Gasteiger partial charge on any atom is 0.411 e. The summed E-state index contributed by atoms with van der Waals surface area (Å²) in [6.45, 7) is 4.48. The van der Waals surface area contributed by atoms with E-state index in [1.54, 1.807) is 20.8 Å². The summed E-state index contributed by atoms with van der Waals surface area (Å²) in [6.07, 6.45) is -0.921. The van der Waals surface area contributed by atoms with Gasteiger partial charge >= 0.3 is 6.09 Å². The highest BCUT2D eigenvalue weighted by atomic mass is 19.3. The Kier molecular flexibility index (Phi) is 4.51. The fourth-order valence-corrected chi connectivity index (χ4v) is 2.82. The van der Waals surface area contributed by atoms with Crippen molar-refractivity contribution in [3.05, 3.63) is 0 Å². The molecule has 0 saturated carbocycles. The molecule has 0 bridgehead atoms. The Morgan fingerprint density at radius 1 is 1.35 bits per heavy atom. The van der Waals surface area contributed by atoms with E-state index >= 15 is 0 Å². The van der Waals surface area contributed by atoms with E-state index in [0.717, 1.165) is 4.90 Å². The van der Waals surface area contributed by atoms with Gasteiger partial charge in [0.05, 0.1) is 18.5 Å². The molecular formula is C15H21F2N3O3. The zero-order valence-electron chi connectivity index (χ0n) is 13.5. The van der Waals surface area contributed by atoms with Crippen molar-refractivity contribution < 1.29 is 23.1 Å². The van der Waals surface area contributed by atoms with Crippen LogP contribution in [0, 0.1) is 17.2 Å². The maximum absolute atomic E-state index is 13.3. The average Bonchev–Trinajstić information content (AvgIpc) is 2.99. The molecule has 8 heteroatoms. The normalized spacial score (nSPS) is 27.0. The summed E-state index contributed by atoms with van der Waals surface area (Å²) in [5, 5.41) is 9.07. The van der Waals surface area contributed by atoms with Crippen molar-refractivity contribution in [1.82, 2.24) is 9.80 Å². The van der Waals surface area contributed by atoms with Crippen LogP contribution in [-0.2, 0) is 9.53 Å². The van der Waals surface area contributed by atoms with Gasteiger partial charge < -0.3 is 9.64 Å². The molecular weight excluding hydrogens is 308 g/mol. The monoisotopic (exact) mass is 329 g/mol. The first-order chi connectivity index (χ1) is 10.5. The van der Waals surface area contributed by atoms with Crippen molar-refractivity contribution in [2.75, 3.05) is 19.6 Å². The number of hydrogen-bond acceptors (Lipinski definition) is 4. The highest BCUT2D eigenvalue weighted by Crippen LogP contribution is 2.31. The Balaban J connectivity index is 2.12. The number of alkyl halides is 2. The smallest absolute Gasteiger partial charge is 0.411 e. The van der Waals surface area contributed by atoms with Crippen LogP contribution in [0.25, 0.3) is 0 Å². The SMILES string of the molecule is CC(C)(C)OC(=O)N1CC(C#N)CC1C(=O)N1CCC(F)(F)C1. The Hall–Kier alpha value is -1.91. The molecule has 2 fully saturated rings. The molecule has 0 aromatic heterocycles. The number of amides is 2. The number of nitriles is 1. The highest BCUT2D eigenvalue weighted by Gasteiger charge is 2.47. The lowest BCUT2D eigenvalue weighted by atomic mass is 10.1. The van der Waals surface area contributed by atoms with Gasteiger partial charge in [-0.15, -0.1) is 0 Å². The van der Waals surface area contributed by atoms with Gasteiger partial charge in [-0.3, -0.25) is 9.69 Å². The molecule has 128 valence electrons. The van der Waals surface area contributed by atoms with Gasteiger partial charge in [-0.25, -0.2) is 13.6 Å². The number of likely N-dealkylation sites (tertiary alicyclic amines) is 2. The van der Waals surface area contributed by atoms with Gasteiger partial charge in [0.1, 0.15) is 11.6 Å². The van der Waals surface area contributed by atoms with Gasteiger partial charge in [0.25, 0.3) is 5.92 Å². The quantitative estimate of drug-likeness (QED) is 0.737. The predicted molar refractivity (Wildman–Crippen MR) is 76.6 cm³/mol. The first-order valence-corrected chi connectivity index (χ1v) is 7.58. The van der Waals surface area contributed by atoms with Crippen molar-refractivity contribution in [1.29, 1.82) is 5.26 Å². The van der Waals surface area contributed by atoms with E-state index in [0.29, 0.717) is 0 Å². The molecule has 2 unspecified atom stereocenters. The average molecular weight is 329 g/mol. The minimum atomic E-state index is -2.89. The second kappa shape index (κ2) is 5.95. The topological polar surface area (TPSA) is 73.6 Å². The molecule has 2 amide bonds. The lowest BCUT2D eigenvalue weighted by Gasteiger charge is -2.30. The van der Waals surface area contributed by atoms with E-state index in [1.165, 1.54) is 4.90 Å². The summed E-state index contributed by atoms with van der Waals surface area (Å²) >= 11 is 0. The number of carbonyl (C=O) groups excluding carboxylic acids is 2. The van der Waals surface area contributed by atoms with Gasteiger partial charge in [0.2, 0.25) is 5.91 Å². The van der Waals surface area contributed by atoms with Crippen molar-refractivity contribution in [3.8, 4) is 6.07 Å². The first kappa shape index (κ1) is 17.4. The van der Waals surface area contributed by atoms with Crippen molar-refractivity contribution in [2.24, 2.45) is 5.92 Å². The number of rotatable bonds is 1. The van der Waals surface area contributed by atoms with Crippen LogP contribution in [0.3, 0.4) is 0 Å². The van der Waals surface area contributed by atoms with Crippen LogP contribution in [0.5, 0.6) is 0 Å². The molecule has 0 aromatic carbocycles. The van der Waals surface area contributed by atoms with Crippen molar-refractivity contribution in [3.63, 3.8) is 0 Å². The van der Waals surface area contributed by atoms with Gasteiger partial charge in [0, 0.05) is 19.5 Å². The van der Waals surface area contributed by atoms with E-state index in [-0.39, 0.29) is 25.9 Å². The number of hydrogen-bond donors (Lipinski definition) is 0. The molecule has 0 radical (unpaired) electrons. The number of halogens is 2. The molecule has 2 saturated heterocycles. The summed E-state index contributed by atoms with van der Waals surface area (Å²) < 4.78 is 31.9. The van der Waals surface area contributed by atoms with E-state index in [2.05, 4.69) is 0 Å². The lowest BCUT2D eigenvalue weighted by molar-refractivity contribution is -0.136. The fraction of sp³-hybridized carbons (Fsp3) is 0.800. The van der Waals surface area contributed by atoms with Gasteiger partial charge in [-0.2, -0.15) is 5.26 Å². The second-order valence-corrected chi connectivity index (χ2v) is 7.08. The minimum Gasteiger partial charge on any atom is -0.444 e. The van der Waals surface area contributed by atoms with E-state index in [9.17, 15) is 18.4 Å². The number of nitrogens with zero attached hydrogens (tertiary/aromatic N) is 3. The largest absolute Gasteiger partial charge is 0.444 e. The third-order valence-corrected chi connectivity index (χ3v) is 3.88. The molecule has 2 aliphatic rings. The van der Waals surface area contributed by atoms with Gasteiger partial charge in [0.15, 0.2) is 0 Å². The molecule has 23 heavy (non-hydrogen) atoms. The molecule has 0 aliphatic carbocycles. The van der Waals surface area contributed by atoms with Gasteiger partial charge in [-0.1, -0.05) is 0 Å². The lowest BCUT2D eigenvalue weighted by Crippen LogP contribution is -2.48. The minimum absolute atomic E-state index is 0.0400. The summed E-state index contributed by atoms with van der Waals surface area (Å²) in [5.74, 6) is -3.93. The standard InChI is InChI=1S/C15H21F2N3O3/c1-14(2,3)23-13(22)20-8-10(7-18)6-11(20)12(21)19-5-4-15(16,17)9-19/h10-11H,4-6,8-9H2,1-3H3. The van der Waals surface area contributed by atoms with Crippen LogP contribution in [0.2, 0.25) is 0 Å². The number of carbonyl (C=O) groups is 2. The summed E-state index contributed by atoms with van der Waals surface area (Å²) in [4.78, 5) is 27.0. The zero-order chi connectivity index (χ0) is 17.4. The molecule has 2 aliphatic heterocycles. The van der Waals surface area contributed by atoms with Gasteiger partial charge in [-0.05, 0) is 27.2 Å². The maximum atomic E-state index is 13.3. The highest BCUT2D eigenvalue weighted by molar-refractivity contribution is 5.86. The number of ether oxygens (including phenoxy) is 1. The third kappa shape index (κ3) is 4.09. The summed E-state index contributed by atoms with van der Waals surface area (Å²) in [7, 11) is 0. The van der Waals surface area contributed by atoms with E-state index < -0.39 is 42.0 Å². The van der Waals surface area contributed by atoms with Crippen LogP contribution in [-0.4, -0.2) is 59.0 Å². The fourth-order valence-electron chi connectivity index (χ4n) is 2.82. The van der Waals surface area contributed by atoms with Crippen LogP contribution in [0.4, 0.5) is 13.6 Å². The molecule has 6 nitrogen and oxygen atoms in total.